The molecule has 2 aliphatic carbocycles. The lowest BCUT2D eigenvalue weighted by Crippen LogP contribution is -2.79. The number of hydrogen-bond acceptors (Lipinski definition) is 12. The molecule has 66 heavy (non-hydrogen) atoms. The number of allylic oxidation sites excluding steroid dienone is 1. The third-order valence-corrected chi connectivity index (χ3v) is 17.8. The van der Waals surface area contributed by atoms with Crippen LogP contribution in [-0.4, -0.2) is 136 Å². The summed E-state index contributed by atoms with van der Waals surface area (Å²) in [7, 11) is 8.51. The van der Waals surface area contributed by atoms with Crippen LogP contribution in [0.25, 0.3) is 5.57 Å². The van der Waals surface area contributed by atoms with E-state index in [0.717, 1.165) is 57.7 Å². The summed E-state index contributed by atoms with van der Waals surface area (Å²) in [6.07, 6.45) is 11.4. The highest BCUT2D eigenvalue weighted by atomic mass is 32.2. The molecule has 2 saturated heterocycles. The molecule has 0 aromatic heterocycles. The number of likely N-dealkylation sites (tertiary alicyclic amines) is 1. The van der Waals surface area contributed by atoms with Gasteiger partial charge in [-0.15, -0.1) is 11.8 Å². The van der Waals surface area contributed by atoms with Gasteiger partial charge in [-0.05, 0) is 84.7 Å². The van der Waals surface area contributed by atoms with E-state index in [9.17, 15) is 19.1 Å². The Morgan fingerprint density at radius 2 is 1.79 bits per heavy atom. The fraction of sp³-hybridized carbons (Fsp3) is 0.519. The third kappa shape index (κ3) is 6.33. The van der Waals surface area contributed by atoms with Crippen LogP contribution in [0.15, 0.2) is 100 Å². The first kappa shape index (κ1) is 45.3. The molecule has 6 heterocycles. The molecule has 1 N–H and O–H groups in total. The predicted molar refractivity (Wildman–Crippen MR) is 251 cm³/mol. The second kappa shape index (κ2) is 16.6. The lowest BCUT2D eigenvalue weighted by molar-refractivity contribution is -0.243. The van der Waals surface area contributed by atoms with E-state index >= 15 is 4.79 Å². The molecule has 2 bridgehead atoms. The van der Waals surface area contributed by atoms with Crippen LogP contribution in [-0.2, 0) is 39.1 Å². The zero-order valence-corrected chi connectivity index (χ0v) is 39.8. The minimum atomic E-state index is -2.29. The van der Waals surface area contributed by atoms with Crippen molar-refractivity contribution < 1.29 is 42.8 Å². The number of ether oxygens (including phenoxy) is 4. The maximum absolute atomic E-state index is 15.5. The van der Waals surface area contributed by atoms with E-state index < -0.39 is 58.0 Å². The lowest BCUT2D eigenvalue weighted by atomic mass is 9.46. The minimum Gasteiger partial charge on any atom is -0.468 e. The number of hydrogen-bond donors (Lipinski definition) is 1. The molecular weight excluding hydrogens is 856 g/mol. The Kier molecular flexibility index (Phi) is 11.4. The summed E-state index contributed by atoms with van der Waals surface area (Å²) in [6.45, 7) is 9.09. The summed E-state index contributed by atoms with van der Waals surface area (Å²) < 4.78 is 39.1. The molecule has 14 heteroatoms. The number of carbonyl (C=O) groups excluding carboxylic acids is 3. The van der Waals surface area contributed by atoms with Gasteiger partial charge in [0.15, 0.2) is 13.4 Å². The highest BCUT2D eigenvalue weighted by molar-refractivity contribution is 7.98. The largest absolute Gasteiger partial charge is 0.468 e. The maximum Gasteiger partial charge on any atom is 0.344 e. The van der Waals surface area contributed by atoms with Crippen LogP contribution in [0.5, 0.6) is 0 Å². The van der Waals surface area contributed by atoms with Crippen molar-refractivity contribution in [3.63, 3.8) is 0 Å². The topological polar surface area (TPSA) is 118 Å². The van der Waals surface area contributed by atoms with E-state index in [2.05, 4.69) is 72.6 Å². The number of nitrogens with zero attached hydrogens (tertiary/aromatic N) is 3. The number of halogens is 1. The SMILES string of the molecule is CCC1=C[C@H]2CN(C1)CC1=C([B]c3ccc(SCc4ccccc4F)cc31)[C@@](C(=O)OC)(C1C=C3C(=CC1OC)N(C)[C@H]1[C@@](O)(C(=O)OC)[C@H](OC(C)=O)[C@]4(CC)C=CCN5CC[C@]31[C@@H]54)C2. The van der Waals surface area contributed by atoms with Crippen molar-refractivity contribution in [3.05, 3.63) is 112 Å². The molecule has 3 fully saturated rings. The molecule has 347 valence electrons. The van der Waals surface area contributed by atoms with Crippen LogP contribution < -0.4 is 5.46 Å². The van der Waals surface area contributed by atoms with Crippen LogP contribution in [0.4, 0.5) is 4.39 Å². The standard InChI is InChI=1S/C52H60BFN3O8S/c1-8-31-21-32-25-51(47(59)63-6,43-36(28-56(26-31)27-32)35-22-34(15-16-39(35)53-43)66-29-33-13-10-11-14-40(33)54)38-23-37-41(24-42(38)62-5)55(4)45-50(37)18-20-57-19-12-17-49(9-2,44(50)57)46(65-30(3)58)52(45,61)48(60)64-7/h10-17,21-24,32,38,42,44-46,61H,8-9,18-20,25-29H2,1-7H3/t32-,38?,42?,44+,45-,46-,49-,50-,51+,52+/m1/s1. The zero-order valence-electron chi connectivity index (χ0n) is 39.0. The quantitative estimate of drug-likeness (QED) is 0.105. The Bertz CT molecular complexity index is 2540. The Labute approximate surface area is 392 Å². The van der Waals surface area contributed by atoms with Gasteiger partial charge in [-0.3, -0.25) is 19.4 Å². The molecule has 3 unspecified atom stereocenters. The van der Waals surface area contributed by atoms with Crippen molar-refractivity contribution in [1.82, 2.24) is 14.7 Å². The summed E-state index contributed by atoms with van der Waals surface area (Å²) in [5.74, 6) is -2.12. The van der Waals surface area contributed by atoms with Gasteiger partial charge < -0.3 is 29.0 Å². The highest BCUT2D eigenvalue weighted by Gasteiger charge is 2.81. The van der Waals surface area contributed by atoms with Gasteiger partial charge in [-0.2, -0.15) is 0 Å². The number of methoxy groups -OCH3 is 3. The van der Waals surface area contributed by atoms with Crippen LogP contribution in [0.2, 0.25) is 0 Å². The summed E-state index contributed by atoms with van der Waals surface area (Å²) >= 11 is 1.59. The second-order valence-electron chi connectivity index (χ2n) is 19.7. The molecule has 10 rings (SSSR count). The second-order valence-corrected chi connectivity index (χ2v) is 20.7. The molecular formula is C52H60BFN3O8S. The van der Waals surface area contributed by atoms with Crippen LogP contribution in [0, 0.1) is 33.9 Å². The summed E-state index contributed by atoms with van der Waals surface area (Å²) in [6, 6.07) is 12.1. The number of thioether (sulfide) groups is 1. The van der Waals surface area contributed by atoms with Crippen LogP contribution in [0.1, 0.15) is 57.6 Å². The first-order valence-electron chi connectivity index (χ1n) is 23.4. The number of benzene rings is 2. The summed E-state index contributed by atoms with van der Waals surface area (Å²) in [5, 5.41) is 13.4. The predicted octanol–water partition coefficient (Wildman–Crippen LogP) is 5.65. The third-order valence-electron chi connectivity index (χ3n) is 16.7. The van der Waals surface area contributed by atoms with Gasteiger partial charge in [-0.25, -0.2) is 9.18 Å². The molecule has 1 spiro atoms. The number of likely N-dealkylation sites (N-methyl/N-ethyl adjacent to an activating group) is 1. The van der Waals surface area contributed by atoms with Crippen molar-refractivity contribution in [2.24, 2.45) is 28.1 Å². The fourth-order valence-electron chi connectivity index (χ4n) is 14.3. The Morgan fingerprint density at radius 3 is 2.50 bits per heavy atom. The normalized spacial score (nSPS) is 36.0. The molecule has 2 aromatic carbocycles. The van der Waals surface area contributed by atoms with E-state index in [1.54, 1.807) is 24.9 Å². The van der Waals surface area contributed by atoms with E-state index in [1.807, 2.05) is 31.0 Å². The lowest BCUT2D eigenvalue weighted by Gasteiger charge is -2.63. The van der Waals surface area contributed by atoms with E-state index in [4.69, 9.17) is 18.9 Å². The minimum absolute atomic E-state index is 0.0195. The van der Waals surface area contributed by atoms with Gasteiger partial charge >= 0.3 is 17.9 Å². The Balaban J connectivity index is 1.19. The van der Waals surface area contributed by atoms with Gasteiger partial charge in [0.25, 0.3) is 0 Å². The van der Waals surface area contributed by atoms with Gasteiger partial charge in [0, 0.05) is 86.4 Å². The number of rotatable bonds is 10. The Hall–Kier alpha value is -4.47. The van der Waals surface area contributed by atoms with Crippen molar-refractivity contribution in [2.45, 2.75) is 87.0 Å². The monoisotopic (exact) mass is 916 g/mol. The van der Waals surface area contributed by atoms with Crippen molar-refractivity contribution in [1.29, 1.82) is 0 Å². The Morgan fingerprint density at radius 1 is 1.00 bits per heavy atom. The van der Waals surface area contributed by atoms with E-state index in [0.29, 0.717) is 50.2 Å². The van der Waals surface area contributed by atoms with Crippen molar-refractivity contribution >= 4 is 48.0 Å². The zero-order chi connectivity index (χ0) is 46.5. The fourth-order valence-corrected chi connectivity index (χ4v) is 15.2. The average molecular weight is 917 g/mol. The van der Waals surface area contributed by atoms with Gasteiger partial charge in [0.1, 0.15) is 5.82 Å². The van der Waals surface area contributed by atoms with Crippen molar-refractivity contribution in [2.75, 3.05) is 61.1 Å². The van der Waals surface area contributed by atoms with Gasteiger partial charge in [-0.1, -0.05) is 78.9 Å². The highest BCUT2D eigenvalue weighted by Crippen LogP contribution is 2.70. The summed E-state index contributed by atoms with van der Waals surface area (Å²) in [5.41, 5.74) is 2.37. The van der Waals surface area contributed by atoms with Gasteiger partial charge in [0.05, 0.1) is 31.8 Å². The first-order valence-corrected chi connectivity index (χ1v) is 24.4. The first-order chi connectivity index (χ1) is 31.7. The number of carbonyl (C=O) groups is 3. The molecule has 0 amide bonds. The molecule has 1 radical (unpaired) electrons. The van der Waals surface area contributed by atoms with Crippen LogP contribution >= 0.6 is 11.8 Å². The number of esters is 3. The van der Waals surface area contributed by atoms with Crippen LogP contribution in [0.3, 0.4) is 0 Å². The van der Waals surface area contributed by atoms with E-state index in [-0.39, 0.29) is 23.7 Å². The van der Waals surface area contributed by atoms with Gasteiger partial charge in [0.2, 0.25) is 5.60 Å². The smallest absolute Gasteiger partial charge is 0.344 e. The number of aliphatic hydroxyl groups is 1. The van der Waals surface area contributed by atoms with Crippen molar-refractivity contribution in [3.8, 4) is 0 Å². The maximum atomic E-state index is 15.5. The average Bonchev–Trinajstić information content (AvgIpc) is 3.97. The summed E-state index contributed by atoms with van der Waals surface area (Å²) in [4.78, 5) is 51.1. The molecule has 11 atom stereocenters. The molecule has 8 aliphatic rings. The number of fused-ring (bicyclic) bond motifs is 5. The molecule has 1 saturated carbocycles. The molecule has 2 aromatic rings. The van der Waals surface area contributed by atoms with E-state index in [1.165, 1.54) is 32.8 Å². The molecule has 11 nitrogen and oxygen atoms in total. The molecule has 6 aliphatic heterocycles.